The second-order valence-electron chi connectivity index (χ2n) is 5.89. The maximum absolute atomic E-state index is 12.6. The maximum Gasteiger partial charge on any atom is 0.242 e. The molecule has 0 aromatic carbocycles. The van der Waals surface area contributed by atoms with Crippen molar-refractivity contribution in [1.29, 1.82) is 0 Å². The molecule has 0 aliphatic carbocycles. The molecule has 21 heavy (non-hydrogen) atoms. The number of aromatic nitrogens is 1. The fourth-order valence-electron chi connectivity index (χ4n) is 2.69. The van der Waals surface area contributed by atoms with E-state index in [9.17, 15) is 8.42 Å². The summed E-state index contributed by atoms with van der Waals surface area (Å²) in [5.41, 5.74) is 5.99. The van der Waals surface area contributed by atoms with Crippen LogP contribution in [0.4, 0.5) is 0 Å². The van der Waals surface area contributed by atoms with Crippen LogP contribution in [0, 0.1) is 0 Å². The molecule has 1 fully saturated rings. The van der Waals surface area contributed by atoms with Gasteiger partial charge in [0.05, 0.1) is 17.0 Å². The number of nitrogens with two attached hydrogens (primary N) is 1. The van der Waals surface area contributed by atoms with E-state index in [-0.39, 0.29) is 4.90 Å². The largest absolute Gasteiger partial charge is 0.380 e. The number of nitrogens with one attached hydrogen (secondary N) is 1. The molecule has 7 heteroatoms. The first-order valence-corrected chi connectivity index (χ1v) is 8.89. The fraction of sp³-hybridized carbons (Fsp3) is 0.714. The number of sulfonamides is 1. The number of nitrogens with zero attached hydrogens (tertiary/aromatic N) is 1. The average Bonchev–Trinajstić information content (AvgIpc) is 2.83. The van der Waals surface area contributed by atoms with Gasteiger partial charge in [-0.25, -0.2) is 13.1 Å². The summed E-state index contributed by atoms with van der Waals surface area (Å²) in [6.07, 6.45) is 4.25. The topological polar surface area (TPSA) is 86.3 Å². The summed E-state index contributed by atoms with van der Waals surface area (Å²) in [7, 11) is -3.55. The van der Waals surface area contributed by atoms with Crippen LogP contribution in [-0.4, -0.2) is 31.7 Å². The molecule has 0 spiro atoms. The number of ether oxygens (including phenoxy) is 1. The van der Waals surface area contributed by atoms with E-state index in [0.29, 0.717) is 19.8 Å². The summed E-state index contributed by atoms with van der Waals surface area (Å²) in [6, 6.07) is 1.66. The lowest BCUT2D eigenvalue weighted by Crippen LogP contribution is -2.51. The minimum atomic E-state index is -3.55. The summed E-state index contributed by atoms with van der Waals surface area (Å²) < 4.78 is 35.2. The van der Waals surface area contributed by atoms with Crippen LogP contribution >= 0.6 is 0 Å². The maximum atomic E-state index is 12.6. The van der Waals surface area contributed by atoms with E-state index in [0.717, 1.165) is 31.5 Å². The Morgan fingerprint density at radius 1 is 1.52 bits per heavy atom. The van der Waals surface area contributed by atoms with Gasteiger partial charge in [-0.1, -0.05) is 6.92 Å². The number of rotatable bonds is 6. The van der Waals surface area contributed by atoms with Gasteiger partial charge < -0.3 is 15.0 Å². The summed E-state index contributed by atoms with van der Waals surface area (Å²) >= 11 is 0. The Morgan fingerprint density at radius 3 is 2.86 bits per heavy atom. The van der Waals surface area contributed by atoms with Crippen LogP contribution in [0.15, 0.2) is 17.2 Å². The lowest BCUT2D eigenvalue weighted by molar-refractivity contribution is 0.0386. The second kappa shape index (κ2) is 6.48. The van der Waals surface area contributed by atoms with Gasteiger partial charge in [-0.3, -0.25) is 0 Å². The standard InChI is InChI=1S/C14H25N3O3S/c1-3-6-17-10-13(8-12(17)9-15)21(18,19)16-14(2)5-4-7-20-11-14/h8,10,16H,3-7,9,11,15H2,1-2H3. The van der Waals surface area contributed by atoms with Gasteiger partial charge in [0, 0.05) is 31.6 Å². The van der Waals surface area contributed by atoms with Crippen molar-refractivity contribution in [2.45, 2.75) is 56.6 Å². The van der Waals surface area contributed by atoms with Gasteiger partial charge in [0.1, 0.15) is 0 Å². The van der Waals surface area contributed by atoms with Gasteiger partial charge in [-0.2, -0.15) is 0 Å². The number of aryl methyl sites for hydroxylation is 1. The highest BCUT2D eigenvalue weighted by molar-refractivity contribution is 7.89. The van der Waals surface area contributed by atoms with E-state index >= 15 is 0 Å². The molecule has 1 saturated heterocycles. The molecule has 1 aliphatic heterocycles. The number of hydrogen-bond acceptors (Lipinski definition) is 4. The highest BCUT2D eigenvalue weighted by atomic mass is 32.2. The van der Waals surface area contributed by atoms with Crippen molar-refractivity contribution < 1.29 is 13.2 Å². The zero-order valence-corrected chi connectivity index (χ0v) is 13.6. The van der Waals surface area contributed by atoms with Crippen LogP contribution in [0.5, 0.6) is 0 Å². The zero-order valence-electron chi connectivity index (χ0n) is 12.8. The van der Waals surface area contributed by atoms with Gasteiger partial charge in [0.25, 0.3) is 0 Å². The van der Waals surface area contributed by atoms with Crippen molar-refractivity contribution >= 4 is 10.0 Å². The Hall–Kier alpha value is -0.890. The normalized spacial score (nSPS) is 23.4. The van der Waals surface area contributed by atoms with E-state index in [1.807, 2.05) is 18.4 Å². The lowest BCUT2D eigenvalue weighted by Gasteiger charge is -2.33. The average molecular weight is 315 g/mol. The van der Waals surface area contributed by atoms with Gasteiger partial charge in [0.15, 0.2) is 0 Å². The SMILES string of the molecule is CCCn1cc(S(=O)(=O)NC2(C)CCCOC2)cc1CN. The molecule has 2 rings (SSSR count). The third-order valence-corrected chi connectivity index (χ3v) is 5.37. The molecular formula is C14H25N3O3S. The van der Waals surface area contributed by atoms with E-state index in [1.54, 1.807) is 12.3 Å². The predicted molar refractivity (Wildman–Crippen MR) is 81.4 cm³/mol. The smallest absolute Gasteiger partial charge is 0.242 e. The summed E-state index contributed by atoms with van der Waals surface area (Å²) in [6.45, 7) is 6.13. The molecular weight excluding hydrogens is 290 g/mol. The minimum absolute atomic E-state index is 0.281. The lowest BCUT2D eigenvalue weighted by atomic mass is 9.97. The highest BCUT2D eigenvalue weighted by Gasteiger charge is 2.33. The quantitative estimate of drug-likeness (QED) is 0.826. The molecule has 1 unspecified atom stereocenters. The van der Waals surface area contributed by atoms with Gasteiger partial charge in [-0.15, -0.1) is 0 Å². The van der Waals surface area contributed by atoms with Crippen LogP contribution in [0.3, 0.4) is 0 Å². The first-order valence-electron chi connectivity index (χ1n) is 7.41. The summed E-state index contributed by atoms with van der Waals surface area (Å²) in [5, 5.41) is 0. The molecule has 1 aromatic rings. The molecule has 0 amide bonds. The van der Waals surface area contributed by atoms with Crippen LogP contribution in [-0.2, 0) is 27.8 Å². The molecule has 2 heterocycles. The zero-order chi connectivity index (χ0) is 15.5. The summed E-state index contributed by atoms with van der Waals surface area (Å²) in [4.78, 5) is 0.281. The van der Waals surface area contributed by atoms with Crippen molar-refractivity contribution in [2.75, 3.05) is 13.2 Å². The Morgan fingerprint density at radius 2 is 2.29 bits per heavy atom. The third kappa shape index (κ3) is 3.85. The molecule has 120 valence electrons. The summed E-state index contributed by atoms with van der Waals surface area (Å²) in [5.74, 6) is 0. The highest BCUT2D eigenvalue weighted by Crippen LogP contribution is 2.23. The molecule has 3 N–H and O–H groups in total. The number of hydrogen-bond donors (Lipinski definition) is 2. The van der Waals surface area contributed by atoms with Crippen molar-refractivity contribution in [1.82, 2.24) is 9.29 Å². The Balaban J connectivity index is 2.22. The van der Waals surface area contributed by atoms with Crippen molar-refractivity contribution in [3.05, 3.63) is 18.0 Å². The van der Waals surface area contributed by atoms with Crippen LogP contribution in [0.25, 0.3) is 0 Å². The minimum Gasteiger partial charge on any atom is -0.380 e. The van der Waals surface area contributed by atoms with E-state index in [1.165, 1.54) is 0 Å². The second-order valence-corrected chi connectivity index (χ2v) is 7.57. The Labute approximate surface area is 126 Å². The van der Waals surface area contributed by atoms with E-state index < -0.39 is 15.6 Å². The van der Waals surface area contributed by atoms with Gasteiger partial charge in [-0.05, 0) is 32.3 Å². The third-order valence-electron chi connectivity index (χ3n) is 3.76. The van der Waals surface area contributed by atoms with Gasteiger partial charge in [0.2, 0.25) is 10.0 Å². The molecule has 6 nitrogen and oxygen atoms in total. The predicted octanol–water partition coefficient (Wildman–Crippen LogP) is 1.20. The van der Waals surface area contributed by atoms with Crippen molar-refractivity contribution in [3.63, 3.8) is 0 Å². The monoisotopic (exact) mass is 315 g/mol. The first-order chi connectivity index (χ1) is 9.90. The molecule has 0 radical (unpaired) electrons. The van der Waals surface area contributed by atoms with E-state index in [2.05, 4.69) is 4.72 Å². The van der Waals surface area contributed by atoms with Gasteiger partial charge >= 0.3 is 0 Å². The molecule has 1 aliphatic rings. The van der Waals surface area contributed by atoms with Crippen LogP contribution in [0.2, 0.25) is 0 Å². The van der Waals surface area contributed by atoms with Crippen molar-refractivity contribution in [3.8, 4) is 0 Å². The van der Waals surface area contributed by atoms with E-state index in [4.69, 9.17) is 10.5 Å². The molecule has 0 bridgehead atoms. The Bertz CT molecular complexity index is 574. The molecule has 0 saturated carbocycles. The first kappa shape index (κ1) is 16.5. The Kier molecular flexibility index (Phi) is 5.08. The fourth-order valence-corrected chi connectivity index (χ4v) is 4.18. The van der Waals surface area contributed by atoms with Crippen molar-refractivity contribution in [2.24, 2.45) is 5.73 Å². The van der Waals surface area contributed by atoms with Crippen LogP contribution < -0.4 is 10.5 Å². The van der Waals surface area contributed by atoms with Crippen LogP contribution in [0.1, 0.15) is 38.8 Å². The molecule has 1 atom stereocenters. The molecule has 1 aromatic heterocycles.